The van der Waals surface area contributed by atoms with Crippen molar-refractivity contribution in [2.75, 3.05) is 0 Å². The minimum absolute atomic E-state index is 0.350. The van der Waals surface area contributed by atoms with Crippen molar-refractivity contribution < 1.29 is 0 Å². The minimum Gasteiger partial charge on any atom is -0.251 e. The molecule has 0 saturated heterocycles. The number of alkyl halides is 1. The Balaban J connectivity index is 2.54. The molecule has 0 saturated carbocycles. The van der Waals surface area contributed by atoms with Gasteiger partial charge in [0.1, 0.15) is 5.69 Å². The topological polar surface area (TPSA) is 38.7 Å². The highest BCUT2D eigenvalue weighted by molar-refractivity contribution is 9.11. The van der Waals surface area contributed by atoms with E-state index in [1.54, 1.807) is 6.20 Å². The predicted octanol–water partition coefficient (Wildman–Crippen LogP) is 5.08. The molecule has 0 fully saturated rings. The molecule has 0 unspecified atom stereocenters. The van der Waals surface area contributed by atoms with Crippen LogP contribution in [0.4, 0.5) is 0 Å². The van der Waals surface area contributed by atoms with Crippen molar-refractivity contribution in [3.8, 4) is 11.5 Å². The second-order valence-electron chi connectivity index (χ2n) is 4.38. The van der Waals surface area contributed by atoms with E-state index in [9.17, 15) is 0 Å². The third-order valence-electron chi connectivity index (χ3n) is 2.61. The van der Waals surface area contributed by atoms with E-state index in [-0.39, 0.29) is 0 Å². The summed E-state index contributed by atoms with van der Waals surface area (Å²) in [5, 5.41) is 0.760. The van der Waals surface area contributed by atoms with Crippen LogP contribution in [-0.4, -0.2) is 15.0 Å². The molecule has 100 valence electrons. The van der Waals surface area contributed by atoms with Crippen LogP contribution in [0.15, 0.2) is 27.4 Å². The van der Waals surface area contributed by atoms with Gasteiger partial charge in [0.15, 0.2) is 5.82 Å². The van der Waals surface area contributed by atoms with E-state index < -0.39 is 0 Å². The Hall–Kier alpha value is -0.330. The summed E-state index contributed by atoms with van der Waals surface area (Å²) in [5.74, 6) is 0.997. The standard InChI is InChI=1S/C13H12Br3N3/c1-7(2)11-8(4-14)5-18-13(19-11)12-10(16)3-9(15)6-17-12/h3,5-7H,4H2,1-2H3. The van der Waals surface area contributed by atoms with E-state index in [1.807, 2.05) is 12.3 Å². The number of rotatable bonds is 3. The molecule has 0 aliphatic heterocycles. The van der Waals surface area contributed by atoms with Crippen molar-refractivity contribution in [2.45, 2.75) is 25.1 Å². The number of hydrogen-bond acceptors (Lipinski definition) is 3. The quantitative estimate of drug-likeness (QED) is 0.613. The number of pyridine rings is 1. The lowest BCUT2D eigenvalue weighted by molar-refractivity contribution is 0.801. The second kappa shape index (κ2) is 6.41. The van der Waals surface area contributed by atoms with Crippen LogP contribution in [0.25, 0.3) is 11.5 Å². The SMILES string of the molecule is CC(C)c1nc(-c2ncc(Br)cc2Br)ncc1CBr. The molecule has 0 N–H and O–H groups in total. The summed E-state index contributed by atoms with van der Waals surface area (Å²) in [6.07, 6.45) is 3.61. The van der Waals surface area contributed by atoms with Gasteiger partial charge in [0.2, 0.25) is 0 Å². The summed E-state index contributed by atoms with van der Waals surface area (Å²) in [7, 11) is 0. The monoisotopic (exact) mass is 447 g/mol. The summed E-state index contributed by atoms with van der Waals surface area (Å²) >= 11 is 10.4. The molecule has 2 rings (SSSR count). The maximum atomic E-state index is 4.65. The molecule has 0 amide bonds. The first kappa shape index (κ1) is 15.1. The van der Waals surface area contributed by atoms with E-state index in [0.29, 0.717) is 11.7 Å². The summed E-state index contributed by atoms with van der Waals surface area (Å²) in [6.45, 7) is 4.25. The van der Waals surface area contributed by atoms with Crippen molar-refractivity contribution in [3.05, 3.63) is 38.7 Å². The highest BCUT2D eigenvalue weighted by Gasteiger charge is 2.14. The molecule has 0 aliphatic rings. The van der Waals surface area contributed by atoms with E-state index >= 15 is 0 Å². The summed E-state index contributed by atoms with van der Waals surface area (Å²) < 4.78 is 1.80. The van der Waals surface area contributed by atoms with Crippen LogP contribution in [0.3, 0.4) is 0 Å². The molecule has 0 bridgehead atoms. The van der Waals surface area contributed by atoms with E-state index in [2.05, 4.69) is 76.6 Å². The average Bonchev–Trinajstić information content (AvgIpc) is 2.38. The van der Waals surface area contributed by atoms with Crippen LogP contribution in [0, 0.1) is 0 Å². The molecule has 0 spiro atoms. The molecule has 0 radical (unpaired) electrons. The smallest absolute Gasteiger partial charge is 0.179 e. The first-order valence-corrected chi connectivity index (χ1v) is 8.47. The molecule has 6 heteroatoms. The van der Waals surface area contributed by atoms with Gasteiger partial charge >= 0.3 is 0 Å². The summed E-state index contributed by atoms with van der Waals surface area (Å²) in [6, 6.07) is 1.94. The third kappa shape index (κ3) is 3.41. The van der Waals surface area contributed by atoms with Gasteiger partial charge in [-0.05, 0) is 43.8 Å². The van der Waals surface area contributed by atoms with Gasteiger partial charge in [0, 0.05) is 32.2 Å². The van der Waals surface area contributed by atoms with Gasteiger partial charge in [-0.25, -0.2) is 9.97 Å². The molecular weight excluding hydrogens is 438 g/mol. The maximum Gasteiger partial charge on any atom is 0.179 e. The summed E-state index contributed by atoms with van der Waals surface area (Å²) in [4.78, 5) is 13.4. The lowest BCUT2D eigenvalue weighted by atomic mass is 10.1. The fraction of sp³-hybridized carbons (Fsp3) is 0.308. The van der Waals surface area contributed by atoms with Crippen molar-refractivity contribution >= 4 is 47.8 Å². The number of halogens is 3. The van der Waals surface area contributed by atoms with Gasteiger partial charge in [-0.2, -0.15) is 0 Å². The zero-order chi connectivity index (χ0) is 14.0. The molecule has 19 heavy (non-hydrogen) atoms. The van der Waals surface area contributed by atoms with Gasteiger partial charge in [-0.15, -0.1) is 0 Å². The van der Waals surface area contributed by atoms with Crippen LogP contribution in [0.2, 0.25) is 0 Å². The van der Waals surface area contributed by atoms with Gasteiger partial charge in [-0.1, -0.05) is 29.8 Å². The molecule has 0 aliphatic carbocycles. The fourth-order valence-electron chi connectivity index (χ4n) is 1.72. The van der Waals surface area contributed by atoms with E-state index in [1.165, 1.54) is 0 Å². The minimum atomic E-state index is 0.350. The molecule has 0 aromatic carbocycles. The van der Waals surface area contributed by atoms with Crippen LogP contribution in [0.1, 0.15) is 31.0 Å². The first-order chi connectivity index (χ1) is 9.02. The maximum absolute atomic E-state index is 4.65. The zero-order valence-corrected chi connectivity index (χ0v) is 15.3. The second-order valence-corrected chi connectivity index (χ2v) is 6.71. The Kier molecular flexibility index (Phi) is 5.09. The van der Waals surface area contributed by atoms with Crippen molar-refractivity contribution in [2.24, 2.45) is 0 Å². The normalized spacial score (nSPS) is 11.1. The Labute approximate surface area is 137 Å². The molecule has 2 aromatic rings. The Morgan fingerprint density at radius 3 is 2.47 bits per heavy atom. The molecule has 2 aromatic heterocycles. The van der Waals surface area contributed by atoms with Gasteiger partial charge in [-0.3, -0.25) is 4.98 Å². The third-order valence-corrected chi connectivity index (χ3v) is 4.25. The molecular formula is C13H12Br3N3. The van der Waals surface area contributed by atoms with Crippen LogP contribution >= 0.6 is 47.8 Å². The van der Waals surface area contributed by atoms with E-state index in [0.717, 1.165) is 31.2 Å². The highest BCUT2D eigenvalue weighted by Crippen LogP contribution is 2.28. The van der Waals surface area contributed by atoms with Crippen LogP contribution in [0.5, 0.6) is 0 Å². The van der Waals surface area contributed by atoms with Crippen LogP contribution in [-0.2, 0) is 5.33 Å². The van der Waals surface area contributed by atoms with E-state index in [4.69, 9.17) is 0 Å². The Morgan fingerprint density at radius 2 is 1.89 bits per heavy atom. The first-order valence-electron chi connectivity index (χ1n) is 5.76. The molecule has 2 heterocycles. The molecule has 3 nitrogen and oxygen atoms in total. The fourth-order valence-corrected chi connectivity index (χ4v) is 3.31. The average molecular weight is 450 g/mol. The molecule has 0 atom stereocenters. The predicted molar refractivity (Wildman–Crippen MR) is 87.4 cm³/mol. The van der Waals surface area contributed by atoms with Gasteiger partial charge in [0.05, 0.1) is 5.69 Å². The zero-order valence-electron chi connectivity index (χ0n) is 10.5. The van der Waals surface area contributed by atoms with Crippen molar-refractivity contribution in [1.82, 2.24) is 15.0 Å². The number of nitrogens with zero attached hydrogens (tertiary/aromatic N) is 3. The van der Waals surface area contributed by atoms with Crippen molar-refractivity contribution in [3.63, 3.8) is 0 Å². The van der Waals surface area contributed by atoms with Crippen LogP contribution < -0.4 is 0 Å². The lowest BCUT2D eigenvalue weighted by Crippen LogP contribution is -2.03. The summed E-state index contributed by atoms with van der Waals surface area (Å²) in [5.41, 5.74) is 2.93. The van der Waals surface area contributed by atoms with Gasteiger partial charge in [0.25, 0.3) is 0 Å². The highest BCUT2D eigenvalue weighted by atomic mass is 79.9. The lowest BCUT2D eigenvalue weighted by Gasteiger charge is -2.11. The number of aromatic nitrogens is 3. The largest absolute Gasteiger partial charge is 0.251 e. The van der Waals surface area contributed by atoms with Gasteiger partial charge < -0.3 is 0 Å². The number of hydrogen-bond donors (Lipinski definition) is 0. The Bertz CT molecular complexity index is 600. The van der Waals surface area contributed by atoms with Crippen molar-refractivity contribution in [1.29, 1.82) is 0 Å². The Morgan fingerprint density at radius 1 is 1.16 bits per heavy atom.